The average molecular weight is 274 g/mol. The number of unbranched alkanes of at least 4 members (excludes halogenated alkanes) is 3. The van der Waals surface area contributed by atoms with Crippen LogP contribution in [0.15, 0.2) is 0 Å². The summed E-state index contributed by atoms with van der Waals surface area (Å²) in [6.45, 7) is 9.05. The fourth-order valence-electron chi connectivity index (χ4n) is 2.45. The number of hydrogen-bond donors (Lipinski definition) is 0. The minimum absolute atomic E-state index is 0.157. The van der Waals surface area contributed by atoms with Crippen molar-refractivity contribution in [2.24, 2.45) is 0 Å². The predicted molar refractivity (Wildman–Crippen MR) is 86.2 cm³/mol. The Morgan fingerprint density at radius 3 is 1.50 bits per heavy atom. The van der Waals surface area contributed by atoms with E-state index in [1.54, 1.807) is 0 Å². The molecule has 0 bridgehead atoms. The molecule has 0 radical (unpaired) electrons. The highest BCUT2D eigenvalue weighted by molar-refractivity contribution is 7.17. The van der Waals surface area contributed by atoms with E-state index in [0.29, 0.717) is 5.85 Å². The maximum atomic E-state index is 6.46. The third-order valence-electron chi connectivity index (χ3n) is 3.76. The maximum absolute atomic E-state index is 6.46. The third kappa shape index (κ3) is 7.74. The summed E-state index contributed by atoms with van der Waals surface area (Å²) in [6, 6.07) is 0. The van der Waals surface area contributed by atoms with Gasteiger partial charge in [-0.2, -0.15) is 0 Å². The second kappa shape index (κ2) is 11.2. The molecule has 0 aliphatic carbocycles. The number of ether oxygens (including phenoxy) is 1. The molecule has 2 atom stereocenters. The van der Waals surface area contributed by atoms with Crippen LogP contribution in [0, 0.1) is 0 Å². The molecule has 0 aromatic heterocycles. The third-order valence-corrected chi connectivity index (χ3v) is 4.37. The van der Waals surface area contributed by atoms with E-state index < -0.39 is 0 Å². The summed E-state index contributed by atoms with van der Waals surface area (Å²) in [5.41, 5.74) is 0.157. The zero-order valence-corrected chi connectivity index (χ0v) is 14.3. The molecule has 0 aliphatic heterocycles. The van der Waals surface area contributed by atoms with Crippen molar-refractivity contribution >= 4 is 9.24 Å². The van der Waals surface area contributed by atoms with Gasteiger partial charge in [0, 0.05) is 0 Å². The standard InChI is InChI=1S/C16H35OP/c1-5-9-12-16(13-10-6-2,14-11-7-3)17-15(18)8-4/h15H,5-14,18H2,1-4H3. The lowest BCUT2D eigenvalue weighted by molar-refractivity contribution is -0.0813. The highest BCUT2D eigenvalue weighted by Crippen LogP contribution is 2.34. The van der Waals surface area contributed by atoms with Gasteiger partial charge in [0.2, 0.25) is 0 Å². The van der Waals surface area contributed by atoms with Gasteiger partial charge < -0.3 is 4.74 Å². The van der Waals surface area contributed by atoms with Crippen LogP contribution in [0.5, 0.6) is 0 Å². The van der Waals surface area contributed by atoms with Crippen molar-refractivity contribution in [3.63, 3.8) is 0 Å². The fourth-order valence-corrected chi connectivity index (χ4v) is 2.74. The van der Waals surface area contributed by atoms with E-state index in [1.807, 2.05) is 0 Å². The second-order valence-electron chi connectivity index (χ2n) is 5.56. The lowest BCUT2D eigenvalue weighted by Gasteiger charge is -2.37. The molecular formula is C16H35OP. The van der Waals surface area contributed by atoms with Gasteiger partial charge in [0.25, 0.3) is 0 Å². The van der Waals surface area contributed by atoms with Crippen molar-refractivity contribution in [3.8, 4) is 0 Å². The monoisotopic (exact) mass is 274 g/mol. The lowest BCUT2D eigenvalue weighted by atomic mass is 9.85. The number of hydrogen-bond acceptors (Lipinski definition) is 1. The molecule has 0 saturated heterocycles. The first kappa shape index (κ1) is 18.4. The Labute approximate surface area is 118 Å². The van der Waals surface area contributed by atoms with Gasteiger partial charge in [-0.1, -0.05) is 66.2 Å². The summed E-state index contributed by atoms with van der Waals surface area (Å²) in [7, 11) is 2.87. The van der Waals surface area contributed by atoms with Gasteiger partial charge in [-0.05, 0) is 25.7 Å². The summed E-state index contributed by atoms with van der Waals surface area (Å²) in [6.07, 6.45) is 12.6. The Hall–Kier alpha value is 0.390. The average Bonchev–Trinajstić information content (AvgIpc) is 2.40. The van der Waals surface area contributed by atoms with E-state index in [0.717, 1.165) is 6.42 Å². The fraction of sp³-hybridized carbons (Fsp3) is 1.00. The van der Waals surface area contributed by atoms with Gasteiger partial charge in [-0.3, -0.25) is 0 Å². The molecule has 0 N–H and O–H groups in total. The van der Waals surface area contributed by atoms with Crippen LogP contribution in [-0.2, 0) is 4.74 Å². The Kier molecular flexibility index (Phi) is 11.5. The minimum Gasteiger partial charge on any atom is -0.368 e. The first-order valence-electron chi connectivity index (χ1n) is 8.07. The van der Waals surface area contributed by atoms with Crippen LogP contribution in [0.3, 0.4) is 0 Å². The molecule has 0 spiro atoms. The molecule has 0 rings (SSSR count). The minimum atomic E-state index is 0.157. The Bertz CT molecular complexity index is 160. The predicted octanol–water partition coefficient (Wildman–Crippen LogP) is 5.92. The quantitative estimate of drug-likeness (QED) is 0.401. The molecule has 0 aromatic carbocycles. The van der Waals surface area contributed by atoms with E-state index in [2.05, 4.69) is 36.9 Å². The zero-order valence-electron chi connectivity index (χ0n) is 13.1. The molecule has 2 unspecified atom stereocenters. The molecule has 0 aromatic rings. The summed E-state index contributed by atoms with van der Waals surface area (Å²) >= 11 is 0. The maximum Gasteiger partial charge on any atom is 0.0713 e. The lowest BCUT2D eigenvalue weighted by Crippen LogP contribution is -2.35. The summed E-state index contributed by atoms with van der Waals surface area (Å²) in [4.78, 5) is 0. The molecule has 0 heterocycles. The van der Waals surface area contributed by atoms with E-state index >= 15 is 0 Å². The Balaban J connectivity index is 4.61. The molecule has 110 valence electrons. The van der Waals surface area contributed by atoms with Gasteiger partial charge in [0.05, 0.1) is 11.4 Å². The highest BCUT2D eigenvalue weighted by atomic mass is 31.0. The van der Waals surface area contributed by atoms with Crippen molar-refractivity contribution in [1.82, 2.24) is 0 Å². The molecule has 0 amide bonds. The number of rotatable bonds is 12. The van der Waals surface area contributed by atoms with Crippen molar-refractivity contribution in [2.45, 2.75) is 103 Å². The largest absolute Gasteiger partial charge is 0.368 e. The van der Waals surface area contributed by atoms with Gasteiger partial charge in [-0.25, -0.2) is 0 Å². The summed E-state index contributed by atoms with van der Waals surface area (Å²) in [5.74, 6) is 0.329. The Morgan fingerprint density at radius 2 is 1.22 bits per heavy atom. The van der Waals surface area contributed by atoms with Crippen LogP contribution >= 0.6 is 9.24 Å². The van der Waals surface area contributed by atoms with Gasteiger partial charge in [-0.15, -0.1) is 9.24 Å². The zero-order chi connectivity index (χ0) is 13.9. The van der Waals surface area contributed by atoms with E-state index in [-0.39, 0.29) is 5.60 Å². The van der Waals surface area contributed by atoms with Crippen LogP contribution in [0.2, 0.25) is 0 Å². The molecule has 2 heteroatoms. The van der Waals surface area contributed by atoms with Crippen molar-refractivity contribution < 1.29 is 4.74 Å². The van der Waals surface area contributed by atoms with Gasteiger partial charge in [0.1, 0.15) is 0 Å². The van der Waals surface area contributed by atoms with Crippen molar-refractivity contribution in [1.29, 1.82) is 0 Å². The molecule has 0 aliphatic rings. The van der Waals surface area contributed by atoms with Gasteiger partial charge >= 0.3 is 0 Å². The van der Waals surface area contributed by atoms with Crippen LogP contribution < -0.4 is 0 Å². The summed E-state index contributed by atoms with van der Waals surface area (Å²) in [5, 5.41) is 0. The summed E-state index contributed by atoms with van der Waals surface area (Å²) < 4.78 is 6.46. The molecular weight excluding hydrogens is 239 g/mol. The van der Waals surface area contributed by atoms with E-state index in [9.17, 15) is 0 Å². The SMILES string of the molecule is CCCCC(CCCC)(CCCC)OC(P)CC. The van der Waals surface area contributed by atoms with Crippen LogP contribution in [0.25, 0.3) is 0 Å². The van der Waals surface area contributed by atoms with E-state index in [1.165, 1.54) is 57.8 Å². The van der Waals surface area contributed by atoms with Crippen molar-refractivity contribution in [3.05, 3.63) is 0 Å². The van der Waals surface area contributed by atoms with Gasteiger partial charge in [0.15, 0.2) is 0 Å². The molecule has 0 saturated carbocycles. The topological polar surface area (TPSA) is 9.23 Å². The Morgan fingerprint density at radius 1 is 0.833 bits per heavy atom. The molecule has 18 heavy (non-hydrogen) atoms. The van der Waals surface area contributed by atoms with E-state index in [4.69, 9.17) is 4.74 Å². The normalized spacial score (nSPS) is 13.8. The first-order chi connectivity index (χ1) is 8.64. The van der Waals surface area contributed by atoms with Crippen LogP contribution in [0.4, 0.5) is 0 Å². The first-order valence-corrected chi connectivity index (χ1v) is 8.74. The van der Waals surface area contributed by atoms with Crippen LogP contribution in [0.1, 0.15) is 91.9 Å². The smallest absolute Gasteiger partial charge is 0.0713 e. The van der Waals surface area contributed by atoms with Crippen molar-refractivity contribution in [2.75, 3.05) is 0 Å². The van der Waals surface area contributed by atoms with Crippen LogP contribution in [-0.4, -0.2) is 11.4 Å². The molecule has 1 nitrogen and oxygen atoms in total. The second-order valence-corrected chi connectivity index (χ2v) is 6.30. The highest BCUT2D eigenvalue weighted by Gasteiger charge is 2.30. The molecule has 0 fully saturated rings.